The molecule has 3 aromatic rings. The number of carbonyl (C=O) groups excluding carboxylic acids is 3. The summed E-state index contributed by atoms with van der Waals surface area (Å²) in [6, 6.07) is 23.0. The zero-order chi connectivity index (χ0) is 22.2. The van der Waals surface area contributed by atoms with Crippen LogP contribution in [-0.2, 0) is 14.3 Å². The molecule has 3 rings (SSSR count). The van der Waals surface area contributed by atoms with Gasteiger partial charge in [0.15, 0.2) is 0 Å². The zero-order valence-electron chi connectivity index (χ0n) is 17.4. The molecule has 0 fully saturated rings. The minimum atomic E-state index is -1.15. The van der Waals surface area contributed by atoms with Crippen LogP contribution in [0.15, 0.2) is 78.9 Å². The van der Waals surface area contributed by atoms with Crippen LogP contribution in [0.4, 0.5) is 5.69 Å². The molecule has 158 valence electrons. The van der Waals surface area contributed by atoms with Crippen LogP contribution in [0.2, 0.25) is 0 Å². The van der Waals surface area contributed by atoms with Gasteiger partial charge in [0.1, 0.15) is 6.54 Å². The second-order valence-corrected chi connectivity index (χ2v) is 7.19. The molecule has 0 aromatic heterocycles. The molecule has 31 heavy (non-hydrogen) atoms. The van der Waals surface area contributed by atoms with E-state index in [0.717, 1.165) is 11.1 Å². The Labute approximate surface area is 181 Å². The van der Waals surface area contributed by atoms with Crippen LogP contribution in [0.1, 0.15) is 33.2 Å². The van der Waals surface area contributed by atoms with Crippen molar-refractivity contribution >= 4 is 23.5 Å². The summed E-state index contributed by atoms with van der Waals surface area (Å²) in [6.07, 6.45) is -1.15. The Morgan fingerprint density at radius 2 is 1.42 bits per heavy atom. The van der Waals surface area contributed by atoms with Gasteiger partial charge in [-0.25, -0.2) is 0 Å². The van der Waals surface area contributed by atoms with Crippen molar-refractivity contribution in [3.8, 4) is 0 Å². The highest BCUT2D eigenvalue weighted by molar-refractivity contribution is 5.98. The number of carbonyl (C=O) groups is 3. The smallest absolute Gasteiger partial charge is 0.326 e. The van der Waals surface area contributed by atoms with Gasteiger partial charge < -0.3 is 15.4 Å². The minimum Gasteiger partial charge on any atom is -0.446 e. The van der Waals surface area contributed by atoms with Gasteiger partial charge >= 0.3 is 5.97 Å². The lowest BCUT2D eigenvalue weighted by atomic mass is 10.1. The average Bonchev–Trinajstić information content (AvgIpc) is 2.76. The predicted octanol–water partition coefficient (Wildman–Crippen LogP) is 3.96. The number of benzene rings is 3. The maximum absolute atomic E-state index is 13.0. The van der Waals surface area contributed by atoms with E-state index in [4.69, 9.17) is 4.74 Å². The number of ether oxygens (including phenoxy) is 1. The number of esters is 1. The summed E-state index contributed by atoms with van der Waals surface area (Å²) in [5.41, 5.74) is 3.60. The van der Waals surface area contributed by atoms with Crippen molar-refractivity contribution < 1.29 is 19.1 Å². The first-order valence-corrected chi connectivity index (χ1v) is 9.89. The molecule has 6 nitrogen and oxygen atoms in total. The second kappa shape index (κ2) is 10.2. The first-order valence-electron chi connectivity index (χ1n) is 9.89. The Morgan fingerprint density at radius 3 is 2.03 bits per heavy atom. The predicted molar refractivity (Wildman–Crippen MR) is 119 cm³/mol. The van der Waals surface area contributed by atoms with Gasteiger partial charge in [-0.05, 0) is 49.2 Å². The van der Waals surface area contributed by atoms with E-state index < -0.39 is 23.9 Å². The lowest BCUT2D eigenvalue weighted by Gasteiger charge is -2.18. The van der Waals surface area contributed by atoms with Crippen molar-refractivity contribution in [2.45, 2.75) is 20.0 Å². The van der Waals surface area contributed by atoms with E-state index in [1.807, 2.05) is 38.1 Å². The van der Waals surface area contributed by atoms with E-state index in [-0.39, 0.29) is 6.54 Å². The summed E-state index contributed by atoms with van der Waals surface area (Å²) < 4.78 is 5.45. The lowest BCUT2D eigenvalue weighted by Crippen LogP contribution is -2.33. The van der Waals surface area contributed by atoms with Crippen LogP contribution in [0.25, 0.3) is 0 Å². The summed E-state index contributed by atoms with van der Waals surface area (Å²) in [7, 11) is 0. The van der Waals surface area contributed by atoms with Gasteiger partial charge in [0, 0.05) is 16.8 Å². The van der Waals surface area contributed by atoms with Crippen LogP contribution < -0.4 is 10.6 Å². The van der Waals surface area contributed by atoms with Crippen LogP contribution in [0.5, 0.6) is 0 Å². The molecule has 0 bridgehead atoms. The molecule has 0 aliphatic carbocycles. The average molecular weight is 416 g/mol. The van der Waals surface area contributed by atoms with E-state index in [1.165, 1.54) is 0 Å². The Morgan fingerprint density at radius 1 is 0.839 bits per heavy atom. The number of hydrogen-bond acceptors (Lipinski definition) is 4. The molecule has 0 heterocycles. The fraction of sp³-hybridized carbons (Fsp3) is 0.160. The highest BCUT2D eigenvalue weighted by atomic mass is 16.5. The highest BCUT2D eigenvalue weighted by Gasteiger charge is 2.25. The first kappa shape index (κ1) is 21.8. The maximum Gasteiger partial charge on any atom is 0.326 e. The molecule has 0 saturated carbocycles. The van der Waals surface area contributed by atoms with Crippen LogP contribution >= 0.6 is 0 Å². The summed E-state index contributed by atoms with van der Waals surface area (Å²) >= 11 is 0. The number of anilines is 1. The summed E-state index contributed by atoms with van der Waals surface area (Å²) in [6.45, 7) is 3.52. The van der Waals surface area contributed by atoms with E-state index in [2.05, 4.69) is 10.6 Å². The third-order valence-electron chi connectivity index (χ3n) is 4.51. The fourth-order valence-corrected chi connectivity index (χ4v) is 3.17. The third kappa shape index (κ3) is 6.27. The van der Waals surface area contributed by atoms with Gasteiger partial charge in [0.2, 0.25) is 6.10 Å². The largest absolute Gasteiger partial charge is 0.446 e. The fourth-order valence-electron chi connectivity index (χ4n) is 3.17. The van der Waals surface area contributed by atoms with E-state index in [1.54, 1.807) is 54.6 Å². The van der Waals surface area contributed by atoms with Crippen LogP contribution in [0, 0.1) is 13.8 Å². The number of amides is 2. The number of aryl methyl sites for hydroxylation is 2. The standard InChI is InChI=1S/C25H24N2O4/c1-17-13-18(2)15-21(14-17)27-25(30)23(19-9-5-3-6-10-19)31-22(28)16-26-24(29)20-11-7-4-8-12-20/h3-15,23H,16H2,1-2H3,(H,26,29)(H,27,30)/t23-/m1/s1. The Balaban J connectivity index is 1.69. The monoisotopic (exact) mass is 416 g/mol. The molecule has 0 spiro atoms. The molecule has 0 saturated heterocycles. The summed E-state index contributed by atoms with van der Waals surface area (Å²) in [5, 5.41) is 5.33. The van der Waals surface area contributed by atoms with Crippen molar-refractivity contribution in [1.82, 2.24) is 5.32 Å². The van der Waals surface area contributed by atoms with Crippen molar-refractivity contribution in [3.63, 3.8) is 0 Å². The summed E-state index contributed by atoms with van der Waals surface area (Å²) in [5.74, 6) is -1.58. The van der Waals surface area contributed by atoms with Gasteiger partial charge in [0.25, 0.3) is 11.8 Å². The van der Waals surface area contributed by atoms with Gasteiger partial charge in [-0.1, -0.05) is 54.6 Å². The third-order valence-corrected chi connectivity index (χ3v) is 4.51. The van der Waals surface area contributed by atoms with E-state index in [0.29, 0.717) is 16.8 Å². The normalized spacial score (nSPS) is 11.3. The Bertz CT molecular complexity index is 1050. The first-order chi connectivity index (χ1) is 14.9. The molecule has 0 aliphatic heterocycles. The van der Waals surface area contributed by atoms with Gasteiger partial charge in [-0.2, -0.15) is 0 Å². The molecule has 0 aliphatic rings. The van der Waals surface area contributed by atoms with E-state index in [9.17, 15) is 14.4 Å². The van der Waals surface area contributed by atoms with Crippen molar-refractivity contribution in [2.75, 3.05) is 11.9 Å². The maximum atomic E-state index is 13.0. The molecule has 3 aromatic carbocycles. The quantitative estimate of drug-likeness (QED) is 0.571. The summed E-state index contributed by atoms with van der Waals surface area (Å²) in [4.78, 5) is 37.5. The van der Waals surface area contributed by atoms with Crippen LogP contribution in [0.3, 0.4) is 0 Å². The molecule has 2 amide bonds. The molecule has 1 atom stereocenters. The lowest BCUT2D eigenvalue weighted by molar-refractivity contribution is -0.153. The molecule has 2 N–H and O–H groups in total. The zero-order valence-corrected chi connectivity index (χ0v) is 17.4. The molecule has 0 radical (unpaired) electrons. The second-order valence-electron chi connectivity index (χ2n) is 7.19. The number of nitrogens with one attached hydrogen (secondary N) is 2. The van der Waals surface area contributed by atoms with Gasteiger partial charge in [-0.3, -0.25) is 14.4 Å². The molecular weight excluding hydrogens is 392 g/mol. The van der Waals surface area contributed by atoms with Crippen molar-refractivity contribution in [2.24, 2.45) is 0 Å². The van der Waals surface area contributed by atoms with Gasteiger partial charge in [-0.15, -0.1) is 0 Å². The molecule has 0 unspecified atom stereocenters. The molecular formula is C25H24N2O4. The number of hydrogen-bond donors (Lipinski definition) is 2. The number of rotatable bonds is 7. The van der Waals surface area contributed by atoms with Gasteiger partial charge in [0.05, 0.1) is 0 Å². The topological polar surface area (TPSA) is 84.5 Å². The molecule has 6 heteroatoms. The van der Waals surface area contributed by atoms with Crippen molar-refractivity contribution in [1.29, 1.82) is 0 Å². The van der Waals surface area contributed by atoms with Crippen molar-refractivity contribution in [3.05, 3.63) is 101 Å². The Hall–Kier alpha value is -3.93. The minimum absolute atomic E-state index is 0.353. The highest BCUT2D eigenvalue weighted by Crippen LogP contribution is 2.21. The Kier molecular flexibility index (Phi) is 7.17. The van der Waals surface area contributed by atoms with E-state index >= 15 is 0 Å². The SMILES string of the molecule is Cc1cc(C)cc(NC(=O)[C@H](OC(=O)CNC(=O)c2ccccc2)c2ccccc2)c1. The van der Waals surface area contributed by atoms with Crippen LogP contribution in [-0.4, -0.2) is 24.3 Å².